The van der Waals surface area contributed by atoms with Crippen LogP contribution >= 0.6 is 27.7 Å². The lowest BCUT2D eigenvalue weighted by atomic mass is 10.2. The smallest absolute Gasteiger partial charge is 0.0311 e. The molecule has 1 atom stereocenters. The van der Waals surface area contributed by atoms with Gasteiger partial charge in [-0.25, -0.2) is 0 Å². The molecule has 3 heteroatoms. The van der Waals surface area contributed by atoms with Gasteiger partial charge in [0.2, 0.25) is 0 Å². The van der Waals surface area contributed by atoms with Gasteiger partial charge < -0.3 is 5.73 Å². The van der Waals surface area contributed by atoms with Gasteiger partial charge in [0.05, 0.1) is 0 Å². The Morgan fingerprint density at radius 3 is 2.71 bits per heavy atom. The van der Waals surface area contributed by atoms with Crippen molar-refractivity contribution in [2.45, 2.75) is 29.9 Å². The third kappa shape index (κ3) is 3.64. The lowest BCUT2D eigenvalue weighted by Crippen LogP contribution is -2.09. The Hall–Kier alpha value is 0.01000. The van der Waals surface area contributed by atoms with Crippen molar-refractivity contribution in [1.29, 1.82) is 0 Å². The van der Waals surface area contributed by atoms with Crippen LogP contribution in [0, 0.1) is 0 Å². The molecule has 0 bridgehead atoms. The van der Waals surface area contributed by atoms with Crippen molar-refractivity contribution in [3.05, 3.63) is 28.7 Å². The maximum Gasteiger partial charge on any atom is 0.0311 e. The third-order valence-electron chi connectivity index (χ3n) is 2.07. The summed E-state index contributed by atoms with van der Waals surface area (Å²) in [5.41, 5.74) is 5.57. The second-order valence-electron chi connectivity index (χ2n) is 3.16. The van der Waals surface area contributed by atoms with Gasteiger partial charge in [-0.3, -0.25) is 0 Å². The van der Waals surface area contributed by atoms with Crippen LogP contribution in [0.1, 0.15) is 19.8 Å². The summed E-state index contributed by atoms with van der Waals surface area (Å²) >= 11 is 5.47. The lowest BCUT2D eigenvalue weighted by Gasteiger charge is -2.13. The zero-order chi connectivity index (χ0) is 10.4. The maximum atomic E-state index is 5.57. The Labute approximate surface area is 98.6 Å². The highest BCUT2D eigenvalue weighted by Crippen LogP contribution is 2.32. The van der Waals surface area contributed by atoms with Gasteiger partial charge in [-0.05, 0) is 47.4 Å². The van der Waals surface area contributed by atoms with Crippen molar-refractivity contribution < 1.29 is 0 Å². The highest BCUT2D eigenvalue weighted by atomic mass is 79.9. The van der Waals surface area contributed by atoms with Crippen LogP contribution in [0.4, 0.5) is 0 Å². The van der Waals surface area contributed by atoms with E-state index in [1.807, 2.05) is 17.8 Å². The van der Waals surface area contributed by atoms with Crippen LogP contribution in [0.3, 0.4) is 0 Å². The Morgan fingerprint density at radius 1 is 1.43 bits per heavy atom. The first-order valence-corrected chi connectivity index (χ1v) is 6.56. The summed E-state index contributed by atoms with van der Waals surface area (Å²) in [6.07, 6.45) is 2.26. The molecular weight excluding hydrogens is 258 g/mol. The summed E-state index contributed by atoms with van der Waals surface area (Å²) in [4.78, 5) is 1.31. The number of thioether (sulfide) groups is 1. The molecule has 0 aliphatic carbocycles. The molecule has 0 saturated carbocycles. The highest BCUT2D eigenvalue weighted by Gasteiger charge is 2.08. The van der Waals surface area contributed by atoms with Gasteiger partial charge in [0.1, 0.15) is 0 Å². The molecule has 1 aromatic rings. The van der Waals surface area contributed by atoms with Crippen LogP contribution in [0.5, 0.6) is 0 Å². The molecule has 0 amide bonds. The van der Waals surface area contributed by atoms with E-state index in [2.05, 4.69) is 41.1 Å². The molecule has 2 N–H and O–H groups in total. The standard InChI is InChI=1S/C11H16BrNS/c1-2-9(7-8-13)14-11-6-4-3-5-10(11)12/h3-6,9H,2,7-8,13H2,1H3. The Kier molecular flexibility index (Phi) is 5.60. The predicted octanol–water partition coefficient (Wildman–Crippen LogP) is 3.67. The van der Waals surface area contributed by atoms with E-state index in [0.29, 0.717) is 5.25 Å². The van der Waals surface area contributed by atoms with E-state index in [1.165, 1.54) is 15.8 Å². The van der Waals surface area contributed by atoms with E-state index in [-0.39, 0.29) is 0 Å². The molecule has 14 heavy (non-hydrogen) atoms. The highest BCUT2D eigenvalue weighted by molar-refractivity contribution is 9.10. The van der Waals surface area contributed by atoms with E-state index >= 15 is 0 Å². The Morgan fingerprint density at radius 2 is 2.14 bits per heavy atom. The molecule has 0 radical (unpaired) electrons. The molecule has 1 rings (SSSR count). The zero-order valence-electron chi connectivity index (χ0n) is 8.37. The SMILES string of the molecule is CCC(CCN)Sc1ccccc1Br. The summed E-state index contributed by atoms with van der Waals surface area (Å²) in [6, 6.07) is 8.34. The number of rotatable bonds is 5. The van der Waals surface area contributed by atoms with Crippen LogP contribution in [0.2, 0.25) is 0 Å². The minimum atomic E-state index is 0.638. The monoisotopic (exact) mass is 273 g/mol. The van der Waals surface area contributed by atoms with E-state index < -0.39 is 0 Å². The number of nitrogens with two attached hydrogens (primary N) is 1. The summed E-state index contributed by atoms with van der Waals surface area (Å²) < 4.78 is 1.18. The molecular formula is C11H16BrNS. The number of hydrogen-bond acceptors (Lipinski definition) is 2. The fraction of sp³-hybridized carbons (Fsp3) is 0.455. The Bertz CT molecular complexity index is 278. The van der Waals surface area contributed by atoms with Crippen molar-refractivity contribution in [3.63, 3.8) is 0 Å². The van der Waals surface area contributed by atoms with Crippen molar-refractivity contribution in [1.82, 2.24) is 0 Å². The predicted molar refractivity (Wildman–Crippen MR) is 67.7 cm³/mol. The van der Waals surface area contributed by atoms with Crippen molar-refractivity contribution in [3.8, 4) is 0 Å². The van der Waals surface area contributed by atoms with Crippen LogP contribution in [0.25, 0.3) is 0 Å². The largest absolute Gasteiger partial charge is 0.330 e. The van der Waals surface area contributed by atoms with Crippen LogP contribution in [0.15, 0.2) is 33.6 Å². The summed E-state index contributed by atoms with van der Waals surface area (Å²) in [6.45, 7) is 2.99. The van der Waals surface area contributed by atoms with Gasteiger partial charge in [-0.1, -0.05) is 19.1 Å². The van der Waals surface area contributed by atoms with E-state index in [1.54, 1.807) is 0 Å². The van der Waals surface area contributed by atoms with Gasteiger partial charge in [0.25, 0.3) is 0 Å². The molecule has 0 aliphatic heterocycles. The van der Waals surface area contributed by atoms with Crippen LogP contribution in [-0.2, 0) is 0 Å². The Balaban J connectivity index is 2.62. The summed E-state index contributed by atoms with van der Waals surface area (Å²) in [5.74, 6) is 0. The normalized spacial score (nSPS) is 12.8. The third-order valence-corrected chi connectivity index (χ3v) is 4.54. The first kappa shape index (κ1) is 12.1. The minimum Gasteiger partial charge on any atom is -0.330 e. The fourth-order valence-electron chi connectivity index (χ4n) is 1.25. The molecule has 1 unspecified atom stereocenters. The van der Waals surface area contributed by atoms with Crippen molar-refractivity contribution in [2.24, 2.45) is 5.73 Å². The van der Waals surface area contributed by atoms with Crippen LogP contribution in [-0.4, -0.2) is 11.8 Å². The number of halogens is 1. The molecule has 1 aromatic carbocycles. The van der Waals surface area contributed by atoms with Gasteiger partial charge in [0.15, 0.2) is 0 Å². The molecule has 0 aromatic heterocycles. The van der Waals surface area contributed by atoms with Gasteiger partial charge in [-0.2, -0.15) is 0 Å². The van der Waals surface area contributed by atoms with Crippen molar-refractivity contribution >= 4 is 27.7 Å². The molecule has 0 spiro atoms. The molecule has 0 saturated heterocycles. The minimum absolute atomic E-state index is 0.638. The van der Waals surface area contributed by atoms with E-state index in [9.17, 15) is 0 Å². The molecule has 0 fully saturated rings. The molecule has 1 nitrogen and oxygen atoms in total. The number of benzene rings is 1. The first-order chi connectivity index (χ1) is 6.77. The quantitative estimate of drug-likeness (QED) is 0.829. The van der Waals surface area contributed by atoms with Gasteiger partial charge >= 0.3 is 0 Å². The fourth-order valence-corrected chi connectivity index (χ4v) is 2.93. The average molecular weight is 274 g/mol. The van der Waals surface area contributed by atoms with Gasteiger partial charge in [-0.15, -0.1) is 11.8 Å². The lowest BCUT2D eigenvalue weighted by molar-refractivity contribution is 0.745. The topological polar surface area (TPSA) is 26.0 Å². The number of hydrogen-bond donors (Lipinski definition) is 1. The average Bonchev–Trinajstić information content (AvgIpc) is 2.20. The summed E-state index contributed by atoms with van der Waals surface area (Å²) in [7, 11) is 0. The molecule has 0 heterocycles. The van der Waals surface area contributed by atoms with Crippen LogP contribution < -0.4 is 5.73 Å². The summed E-state index contributed by atoms with van der Waals surface area (Å²) in [5, 5.41) is 0.638. The second-order valence-corrected chi connectivity index (χ2v) is 5.35. The van der Waals surface area contributed by atoms with E-state index in [4.69, 9.17) is 5.73 Å². The molecule has 0 aliphatic rings. The zero-order valence-corrected chi connectivity index (χ0v) is 10.8. The van der Waals surface area contributed by atoms with Gasteiger partial charge in [0, 0.05) is 14.6 Å². The van der Waals surface area contributed by atoms with E-state index in [0.717, 1.165) is 13.0 Å². The van der Waals surface area contributed by atoms with Crippen molar-refractivity contribution in [2.75, 3.05) is 6.54 Å². The second kappa shape index (κ2) is 6.49. The maximum absolute atomic E-state index is 5.57. The first-order valence-electron chi connectivity index (χ1n) is 4.89. The molecule has 78 valence electrons.